The van der Waals surface area contributed by atoms with Gasteiger partial charge in [-0.05, 0) is 46.3 Å². The Morgan fingerprint density at radius 3 is 2.62 bits per heavy atom. The standard InChI is InChI=1S/C13H20BrFN2O3S/c1-13(2,4-3-5-18)8-17-21(19,20)11-7-9(16)6-10(14)12(11)15/h6-7,17-18H,3-5,8,16H2,1-2H3. The van der Waals surface area contributed by atoms with Gasteiger partial charge in [-0.2, -0.15) is 0 Å². The second-order valence-electron chi connectivity index (χ2n) is 5.63. The Bertz CT molecular complexity index is 606. The van der Waals surface area contributed by atoms with Crippen molar-refractivity contribution in [3.05, 3.63) is 22.4 Å². The molecule has 0 bridgehead atoms. The van der Waals surface area contributed by atoms with Crippen LogP contribution in [0.1, 0.15) is 26.7 Å². The number of aliphatic hydroxyl groups excluding tert-OH is 1. The van der Waals surface area contributed by atoms with E-state index in [1.807, 2.05) is 13.8 Å². The molecule has 4 N–H and O–H groups in total. The summed E-state index contributed by atoms with van der Waals surface area (Å²) in [5.74, 6) is -0.870. The molecule has 0 aliphatic rings. The molecule has 0 atom stereocenters. The van der Waals surface area contributed by atoms with Gasteiger partial charge in [-0.3, -0.25) is 0 Å². The minimum absolute atomic E-state index is 0.00224. The van der Waals surface area contributed by atoms with Crippen LogP contribution < -0.4 is 10.5 Å². The highest BCUT2D eigenvalue weighted by Gasteiger charge is 2.25. The Morgan fingerprint density at radius 1 is 1.43 bits per heavy atom. The normalized spacial score (nSPS) is 12.6. The van der Waals surface area contributed by atoms with Crippen LogP contribution in [0, 0.1) is 11.2 Å². The van der Waals surface area contributed by atoms with E-state index in [1.165, 1.54) is 6.07 Å². The summed E-state index contributed by atoms with van der Waals surface area (Å²) in [5.41, 5.74) is 5.37. The number of hydrogen-bond acceptors (Lipinski definition) is 4. The summed E-state index contributed by atoms with van der Waals surface area (Å²) in [5, 5.41) is 8.83. The summed E-state index contributed by atoms with van der Waals surface area (Å²) in [6.45, 7) is 3.93. The molecule has 8 heteroatoms. The predicted molar refractivity (Wildman–Crippen MR) is 83.8 cm³/mol. The highest BCUT2D eigenvalue weighted by Crippen LogP contribution is 2.27. The average molecular weight is 383 g/mol. The Labute approximate surface area is 132 Å². The van der Waals surface area contributed by atoms with Crippen LogP contribution in [0.4, 0.5) is 10.1 Å². The molecule has 0 aliphatic heterocycles. The number of sulfonamides is 1. The van der Waals surface area contributed by atoms with Gasteiger partial charge < -0.3 is 10.8 Å². The van der Waals surface area contributed by atoms with Crippen LogP contribution in [0.3, 0.4) is 0 Å². The molecule has 1 rings (SSSR count). The number of halogens is 2. The minimum Gasteiger partial charge on any atom is -0.399 e. The maximum absolute atomic E-state index is 13.9. The van der Waals surface area contributed by atoms with E-state index in [9.17, 15) is 12.8 Å². The molecule has 5 nitrogen and oxygen atoms in total. The first kappa shape index (κ1) is 18.3. The molecular formula is C13H20BrFN2O3S. The first-order valence-corrected chi connectivity index (χ1v) is 8.72. The van der Waals surface area contributed by atoms with Gasteiger partial charge in [0.25, 0.3) is 0 Å². The molecule has 120 valence electrons. The van der Waals surface area contributed by atoms with Crippen molar-refractivity contribution >= 4 is 31.6 Å². The van der Waals surface area contributed by atoms with E-state index in [2.05, 4.69) is 20.7 Å². The Hall–Kier alpha value is -0.700. The average Bonchev–Trinajstić information content (AvgIpc) is 2.38. The number of rotatable bonds is 7. The molecule has 0 fully saturated rings. The molecule has 0 radical (unpaired) electrons. The lowest BCUT2D eigenvalue weighted by Crippen LogP contribution is -2.34. The number of benzene rings is 1. The van der Waals surface area contributed by atoms with E-state index in [-0.39, 0.29) is 28.7 Å². The molecule has 0 heterocycles. The molecule has 0 unspecified atom stereocenters. The lowest BCUT2D eigenvalue weighted by Gasteiger charge is -2.24. The van der Waals surface area contributed by atoms with Crippen LogP contribution in [0.25, 0.3) is 0 Å². The molecule has 0 amide bonds. The number of hydrogen-bond donors (Lipinski definition) is 3. The zero-order valence-corrected chi connectivity index (χ0v) is 14.4. The smallest absolute Gasteiger partial charge is 0.243 e. The summed E-state index contributed by atoms with van der Waals surface area (Å²) in [7, 11) is -3.99. The van der Waals surface area contributed by atoms with Crippen LogP contribution in [-0.4, -0.2) is 26.7 Å². The number of nitrogens with two attached hydrogens (primary N) is 1. The van der Waals surface area contributed by atoms with Gasteiger partial charge in [-0.1, -0.05) is 13.8 Å². The van der Waals surface area contributed by atoms with Crippen LogP contribution in [0.2, 0.25) is 0 Å². The third-order valence-electron chi connectivity index (χ3n) is 3.06. The van der Waals surface area contributed by atoms with E-state index in [0.29, 0.717) is 12.8 Å². The van der Waals surface area contributed by atoms with Gasteiger partial charge in [0.2, 0.25) is 10.0 Å². The first-order valence-electron chi connectivity index (χ1n) is 6.44. The number of nitrogen functional groups attached to an aromatic ring is 1. The van der Waals surface area contributed by atoms with Gasteiger partial charge in [0.15, 0.2) is 5.82 Å². The van der Waals surface area contributed by atoms with Gasteiger partial charge in [0.05, 0.1) is 4.47 Å². The van der Waals surface area contributed by atoms with E-state index in [1.54, 1.807) is 0 Å². The topological polar surface area (TPSA) is 92.4 Å². The molecule has 1 aromatic rings. The molecule has 0 saturated carbocycles. The summed E-state index contributed by atoms with van der Waals surface area (Å²) in [6.07, 6.45) is 1.22. The highest BCUT2D eigenvalue weighted by molar-refractivity contribution is 9.10. The van der Waals surface area contributed by atoms with E-state index >= 15 is 0 Å². The minimum atomic E-state index is -3.99. The lowest BCUT2D eigenvalue weighted by molar-refractivity contribution is 0.242. The fourth-order valence-electron chi connectivity index (χ4n) is 1.79. The number of anilines is 1. The summed E-state index contributed by atoms with van der Waals surface area (Å²) in [4.78, 5) is -0.479. The fraction of sp³-hybridized carbons (Fsp3) is 0.538. The van der Waals surface area contributed by atoms with Crippen molar-refractivity contribution in [2.75, 3.05) is 18.9 Å². The number of aliphatic hydroxyl groups is 1. The fourth-order valence-corrected chi connectivity index (χ4v) is 3.78. The Morgan fingerprint density at radius 2 is 2.05 bits per heavy atom. The Kier molecular flexibility index (Phi) is 6.15. The van der Waals surface area contributed by atoms with Crippen LogP contribution in [0.15, 0.2) is 21.5 Å². The molecule has 1 aromatic carbocycles. The first-order chi connectivity index (χ1) is 9.59. The van der Waals surface area contributed by atoms with Gasteiger partial charge in [0, 0.05) is 18.8 Å². The van der Waals surface area contributed by atoms with Gasteiger partial charge in [0.1, 0.15) is 4.90 Å². The molecule has 0 aliphatic carbocycles. The molecule has 0 aromatic heterocycles. The zero-order chi connectivity index (χ0) is 16.3. The monoisotopic (exact) mass is 382 g/mol. The van der Waals surface area contributed by atoms with Crippen molar-refractivity contribution in [2.45, 2.75) is 31.6 Å². The van der Waals surface area contributed by atoms with Crippen molar-refractivity contribution in [1.29, 1.82) is 0 Å². The quantitative estimate of drug-likeness (QED) is 0.630. The van der Waals surface area contributed by atoms with Gasteiger partial charge >= 0.3 is 0 Å². The van der Waals surface area contributed by atoms with Crippen molar-refractivity contribution in [2.24, 2.45) is 5.41 Å². The molecule has 0 saturated heterocycles. The third kappa shape index (κ3) is 5.21. The van der Waals surface area contributed by atoms with E-state index in [0.717, 1.165) is 6.07 Å². The molecule has 0 spiro atoms. The van der Waals surface area contributed by atoms with Crippen molar-refractivity contribution in [1.82, 2.24) is 4.72 Å². The van der Waals surface area contributed by atoms with Crippen LogP contribution >= 0.6 is 15.9 Å². The predicted octanol–water partition coefficient (Wildman–Crippen LogP) is 2.25. The summed E-state index contributed by atoms with van der Waals surface area (Å²) < 4.78 is 40.7. The van der Waals surface area contributed by atoms with Crippen molar-refractivity contribution in [3.63, 3.8) is 0 Å². The second kappa shape index (κ2) is 7.04. The lowest BCUT2D eigenvalue weighted by atomic mass is 9.88. The van der Waals surface area contributed by atoms with E-state index < -0.39 is 20.7 Å². The zero-order valence-electron chi connectivity index (χ0n) is 12.0. The maximum atomic E-state index is 13.9. The largest absolute Gasteiger partial charge is 0.399 e. The van der Waals surface area contributed by atoms with Crippen molar-refractivity contribution in [3.8, 4) is 0 Å². The summed E-state index contributed by atoms with van der Waals surface area (Å²) >= 11 is 2.94. The van der Waals surface area contributed by atoms with Crippen LogP contribution in [0.5, 0.6) is 0 Å². The molecular weight excluding hydrogens is 363 g/mol. The number of nitrogens with one attached hydrogen (secondary N) is 1. The van der Waals surface area contributed by atoms with Crippen molar-refractivity contribution < 1.29 is 17.9 Å². The Balaban J connectivity index is 2.93. The van der Waals surface area contributed by atoms with Gasteiger partial charge in [-0.15, -0.1) is 0 Å². The van der Waals surface area contributed by atoms with E-state index in [4.69, 9.17) is 10.8 Å². The van der Waals surface area contributed by atoms with Crippen LogP contribution in [-0.2, 0) is 10.0 Å². The highest BCUT2D eigenvalue weighted by atomic mass is 79.9. The maximum Gasteiger partial charge on any atom is 0.243 e. The second-order valence-corrected chi connectivity index (χ2v) is 8.22. The van der Waals surface area contributed by atoms with Gasteiger partial charge in [-0.25, -0.2) is 17.5 Å². The summed E-state index contributed by atoms with van der Waals surface area (Å²) in [6, 6.07) is 2.39. The molecule has 21 heavy (non-hydrogen) atoms. The third-order valence-corrected chi connectivity index (χ3v) is 5.04. The SMILES string of the molecule is CC(C)(CCCO)CNS(=O)(=O)c1cc(N)cc(Br)c1F.